The SMILES string of the molecule is CC(C)(C)OC(=O)c1ncccc1NCCO. The largest absolute Gasteiger partial charge is 0.455 e. The van der Waals surface area contributed by atoms with Crippen LogP contribution in [0.3, 0.4) is 0 Å². The van der Waals surface area contributed by atoms with Gasteiger partial charge in [0, 0.05) is 12.7 Å². The molecule has 0 aliphatic heterocycles. The smallest absolute Gasteiger partial charge is 0.359 e. The quantitative estimate of drug-likeness (QED) is 0.777. The molecule has 5 nitrogen and oxygen atoms in total. The van der Waals surface area contributed by atoms with Crippen LogP contribution in [0.15, 0.2) is 18.3 Å². The highest BCUT2D eigenvalue weighted by Crippen LogP contribution is 2.16. The minimum absolute atomic E-state index is 0.0113. The third-order valence-corrected chi connectivity index (χ3v) is 1.83. The summed E-state index contributed by atoms with van der Waals surface area (Å²) in [6.07, 6.45) is 1.53. The number of aliphatic hydroxyl groups excluding tert-OH is 1. The van der Waals surface area contributed by atoms with Gasteiger partial charge in [-0.1, -0.05) is 0 Å². The van der Waals surface area contributed by atoms with Crippen molar-refractivity contribution in [2.24, 2.45) is 0 Å². The first-order valence-corrected chi connectivity index (χ1v) is 5.47. The van der Waals surface area contributed by atoms with Gasteiger partial charge in [-0.05, 0) is 32.9 Å². The fourth-order valence-corrected chi connectivity index (χ4v) is 1.23. The van der Waals surface area contributed by atoms with Gasteiger partial charge in [0.25, 0.3) is 0 Å². The number of nitrogens with one attached hydrogen (secondary N) is 1. The summed E-state index contributed by atoms with van der Waals surface area (Å²) >= 11 is 0. The molecule has 0 atom stereocenters. The van der Waals surface area contributed by atoms with Gasteiger partial charge in [0.2, 0.25) is 0 Å². The molecule has 94 valence electrons. The van der Waals surface area contributed by atoms with Crippen LogP contribution in [-0.2, 0) is 4.74 Å². The second kappa shape index (κ2) is 5.63. The van der Waals surface area contributed by atoms with Gasteiger partial charge in [-0.15, -0.1) is 0 Å². The van der Waals surface area contributed by atoms with Gasteiger partial charge in [-0.25, -0.2) is 9.78 Å². The van der Waals surface area contributed by atoms with Crippen LogP contribution in [0.4, 0.5) is 5.69 Å². The van der Waals surface area contributed by atoms with Gasteiger partial charge in [0.05, 0.1) is 12.3 Å². The van der Waals surface area contributed by atoms with Crippen LogP contribution in [0.2, 0.25) is 0 Å². The van der Waals surface area contributed by atoms with Crippen LogP contribution in [-0.4, -0.2) is 34.8 Å². The van der Waals surface area contributed by atoms with E-state index in [4.69, 9.17) is 9.84 Å². The highest BCUT2D eigenvalue weighted by atomic mass is 16.6. The van der Waals surface area contributed by atoms with Crippen LogP contribution in [0.1, 0.15) is 31.3 Å². The van der Waals surface area contributed by atoms with Gasteiger partial charge < -0.3 is 15.2 Å². The average molecular weight is 238 g/mol. The van der Waals surface area contributed by atoms with Gasteiger partial charge in [0.1, 0.15) is 5.60 Å². The first-order valence-electron chi connectivity index (χ1n) is 5.47. The molecule has 0 unspecified atom stereocenters. The molecule has 0 saturated heterocycles. The lowest BCUT2D eigenvalue weighted by atomic mass is 10.2. The molecular formula is C12H18N2O3. The van der Waals surface area contributed by atoms with Crippen LogP contribution in [0.25, 0.3) is 0 Å². The molecule has 0 fully saturated rings. The number of esters is 1. The van der Waals surface area contributed by atoms with Crippen molar-refractivity contribution in [3.63, 3.8) is 0 Å². The van der Waals surface area contributed by atoms with Crippen molar-refractivity contribution in [2.45, 2.75) is 26.4 Å². The molecule has 0 bridgehead atoms. The zero-order valence-corrected chi connectivity index (χ0v) is 10.4. The van der Waals surface area contributed by atoms with E-state index in [9.17, 15) is 4.79 Å². The van der Waals surface area contributed by atoms with Crippen LogP contribution in [0, 0.1) is 0 Å². The van der Waals surface area contributed by atoms with E-state index in [-0.39, 0.29) is 12.3 Å². The second-order valence-electron chi connectivity index (χ2n) is 4.55. The molecule has 0 amide bonds. The Bertz CT molecular complexity index is 386. The van der Waals surface area contributed by atoms with E-state index in [0.717, 1.165) is 0 Å². The van der Waals surface area contributed by atoms with Crippen LogP contribution >= 0.6 is 0 Å². The van der Waals surface area contributed by atoms with E-state index in [1.165, 1.54) is 6.20 Å². The Balaban J connectivity index is 2.85. The van der Waals surface area contributed by atoms with E-state index in [0.29, 0.717) is 12.2 Å². The number of aliphatic hydroxyl groups is 1. The second-order valence-corrected chi connectivity index (χ2v) is 4.55. The summed E-state index contributed by atoms with van der Waals surface area (Å²) in [5, 5.41) is 11.7. The third kappa shape index (κ3) is 4.40. The monoisotopic (exact) mass is 238 g/mol. The number of hydrogen-bond acceptors (Lipinski definition) is 5. The lowest BCUT2D eigenvalue weighted by Crippen LogP contribution is -2.25. The average Bonchev–Trinajstić information content (AvgIpc) is 2.24. The molecule has 0 saturated carbocycles. The van der Waals surface area contributed by atoms with Crippen molar-refractivity contribution in [3.05, 3.63) is 24.0 Å². The van der Waals surface area contributed by atoms with Crippen LogP contribution < -0.4 is 5.32 Å². The highest BCUT2D eigenvalue weighted by molar-refractivity contribution is 5.93. The van der Waals surface area contributed by atoms with Crippen LogP contribution in [0.5, 0.6) is 0 Å². The van der Waals surface area contributed by atoms with E-state index >= 15 is 0 Å². The predicted molar refractivity (Wildman–Crippen MR) is 65.0 cm³/mol. The van der Waals surface area contributed by atoms with Crippen molar-refractivity contribution in [1.29, 1.82) is 0 Å². The number of nitrogens with zero attached hydrogens (tertiary/aromatic N) is 1. The Morgan fingerprint density at radius 3 is 2.82 bits per heavy atom. The molecule has 0 spiro atoms. The van der Waals surface area contributed by atoms with E-state index in [1.54, 1.807) is 32.9 Å². The number of anilines is 1. The Morgan fingerprint density at radius 2 is 2.24 bits per heavy atom. The number of carbonyl (C=O) groups excluding carboxylic acids is 1. The molecule has 5 heteroatoms. The molecule has 0 aliphatic carbocycles. The normalized spacial score (nSPS) is 11.1. The molecule has 1 aromatic heterocycles. The first kappa shape index (κ1) is 13.4. The summed E-state index contributed by atoms with van der Waals surface area (Å²) in [7, 11) is 0. The maximum atomic E-state index is 11.9. The van der Waals surface area contributed by atoms with Crippen molar-refractivity contribution < 1.29 is 14.6 Å². The van der Waals surface area contributed by atoms with E-state index < -0.39 is 11.6 Å². The van der Waals surface area contributed by atoms with Gasteiger partial charge >= 0.3 is 5.97 Å². The summed E-state index contributed by atoms with van der Waals surface area (Å²) in [4.78, 5) is 15.9. The Labute approximate surface area is 101 Å². The number of aromatic nitrogens is 1. The molecule has 0 aliphatic rings. The van der Waals surface area contributed by atoms with Crippen molar-refractivity contribution in [1.82, 2.24) is 4.98 Å². The van der Waals surface area contributed by atoms with Gasteiger partial charge in [-0.3, -0.25) is 0 Å². The minimum atomic E-state index is -0.553. The topological polar surface area (TPSA) is 71.5 Å². The fourth-order valence-electron chi connectivity index (χ4n) is 1.23. The number of ether oxygens (including phenoxy) is 1. The van der Waals surface area contributed by atoms with E-state index in [1.807, 2.05) is 0 Å². The summed E-state index contributed by atoms with van der Waals surface area (Å²) in [6, 6.07) is 3.44. The molecule has 2 N–H and O–H groups in total. The number of rotatable bonds is 4. The molecule has 17 heavy (non-hydrogen) atoms. The maximum Gasteiger partial charge on any atom is 0.359 e. The molecule has 0 radical (unpaired) electrons. The molecule has 1 aromatic rings. The number of pyridine rings is 1. The predicted octanol–water partition coefficient (Wildman–Crippen LogP) is 1.44. The zero-order valence-electron chi connectivity index (χ0n) is 10.4. The summed E-state index contributed by atoms with van der Waals surface area (Å²) < 4.78 is 5.24. The lowest BCUT2D eigenvalue weighted by Gasteiger charge is -2.20. The van der Waals surface area contributed by atoms with Gasteiger partial charge in [-0.2, -0.15) is 0 Å². The molecule has 0 aromatic carbocycles. The summed E-state index contributed by atoms with van der Waals surface area (Å²) in [5.74, 6) is -0.474. The van der Waals surface area contributed by atoms with Crippen molar-refractivity contribution >= 4 is 11.7 Å². The Morgan fingerprint density at radius 1 is 1.53 bits per heavy atom. The highest BCUT2D eigenvalue weighted by Gasteiger charge is 2.21. The minimum Gasteiger partial charge on any atom is -0.455 e. The Hall–Kier alpha value is -1.62. The molecule has 1 heterocycles. The number of hydrogen-bond donors (Lipinski definition) is 2. The number of carbonyl (C=O) groups is 1. The standard InChI is InChI=1S/C12H18N2O3/c1-12(2,3)17-11(16)10-9(13-7-8-15)5-4-6-14-10/h4-6,13,15H,7-8H2,1-3H3. The Kier molecular flexibility index (Phi) is 4.45. The van der Waals surface area contributed by atoms with E-state index in [2.05, 4.69) is 10.3 Å². The summed E-state index contributed by atoms with van der Waals surface area (Å²) in [6.45, 7) is 5.75. The third-order valence-electron chi connectivity index (χ3n) is 1.83. The van der Waals surface area contributed by atoms with Gasteiger partial charge in [0.15, 0.2) is 5.69 Å². The summed E-state index contributed by atoms with van der Waals surface area (Å²) in [5.41, 5.74) is 0.245. The van der Waals surface area contributed by atoms with Crippen molar-refractivity contribution in [2.75, 3.05) is 18.5 Å². The first-order chi connectivity index (χ1) is 7.94. The molecular weight excluding hydrogens is 220 g/mol. The fraction of sp³-hybridized carbons (Fsp3) is 0.500. The maximum absolute atomic E-state index is 11.9. The van der Waals surface area contributed by atoms with Crippen molar-refractivity contribution in [3.8, 4) is 0 Å². The lowest BCUT2D eigenvalue weighted by molar-refractivity contribution is 0.00640. The zero-order chi connectivity index (χ0) is 12.9. The molecule has 1 rings (SSSR count).